The Morgan fingerprint density at radius 3 is 2.52 bits per heavy atom. The van der Waals surface area contributed by atoms with Crippen LogP contribution in [0.2, 0.25) is 0 Å². The number of carbonyl (C=O) groups is 1. The molecule has 0 spiro atoms. The van der Waals surface area contributed by atoms with Gasteiger partial charge >= 0.3 is 5.97 Å². The number of para-hydroxylation sites is 1. The van der Waals surface area contributed by atoms with Gasteiger partial charge in [0.1, 0.15) is 5.69 Å². The van der Waals surface area contributed by atoms with Crippen molar-refractivity contribution >= 4 is 22.4 Å². The third-order valence-corrected chi connectivity index (χ3v) is 4.45. The second-order valence-corrected chi connectivity index (χ2v) is 5.71. The number of hydrogen-bond donors (Lipinski definition) is 0. The van der Waals surface area contributed by atoms with Crippen molar-refractivity contribution in [2.24, 2.45) is 0 Å². The van der Waals surface area contributed by atoms with E-state index in [9.17, 15) is 4.79 Å². The summed E-state index contributed by atoms with van der Waals surface area (Å²) in [6.45, 7) is 7.01. The van der Waals surface area contributed by atoms with Crippen molar-refractivity contribution in [3.05, 3.63) is 78.0 Å². The Morgan fingerprint density at radius 2 is 1.78 bits per heavy atom. The first-order valence-electron chi connectivity index (χ1n) is 7.78. The van der Waals surface area contributed by atoms with E-state index in [-0.39, 0.29) is 5.97 Å². The highest BCUT2D eigenvalue weighted by Crippen LogP contribution is 2.43. The fourth-order valence-electron chi connectivity index (χ4n) is 3.43. The quantitative estimate of drug-likeness (QED) is 0.649. The predicted molar refractivity (Wildman–Crippen MR) is 91.2 cm³/mol. The Balaban J connectivity index is 1.97. The monoisotopic (exact) mass is 303 g/mol. The van der Waals surface area contributed by atoms with Crippen molar-refractivity contribution in [2.75, 3.05) is 0 Å². The molecule has 114 valence electrons. The van der Waals surface area contributed by atoms with Crippen LogP contribution in [0, 0.1) is 0 Å². The van der Waals surface area contributed by atoms with E-state index in [1.807, 2.05) is 66.1 Å². The standard InChI is InChI=1S/C20H17NO2/c1-3-21-16-12-8-7-11-15(16)17-13(2)19(23-20(22)18(17)21)14-9-5-4-6-10-14/h4-12,19H,2-3H2,1H3. The molecule has 23 heavy (non-hydrogen) atoms. The molecular weight excluding hydrogens is 286 g/mol. The van der Waals surface area contributed by atoms with Gasteiger partial charge in [-0.05, 0) is 18.6 Å². The van der Waals surface area contributed by atoms with Gasteiger partial charge in [0.2, 0.25) is 0 Å². The Kier molecular flexibility index (Phi) is 3.08. The van der Waals surface area contributed by atoms with Crippen molar-refractivity contribution in [1.82, 2.24) is 4.57 Å². The lowest BCUT2D eigenvalue weighted by atomic mass is 9.92. The molecule has 2 aromatic carbocycles. The molecule has 1 aromatic heterocycles. The number of rotatable bonds is 2. The maximum atomic E-state index is 12.7. The normalized spacial score (nSPS) is 17.2. The summed E-state index contributed by atoms with van der Waals surface area (Å²) in [4.78, 5) is 12.7. The molecule has 3 nitrogen and oxygen atoms in total. The number of ether oxygens (including phenoxy) is 1. The van der Waals surface area contributed by atoms with E-state index >= 15 is 0 Å². The smallest absolute Gasteiger partial charge is 0.356 e. The van der Waals surface area contributed by atoms with E-state index in [2.05, 4.69) is 6.58 Å². The van der Waals surface area contributed by atoms with E-state index in [1.54, 1.807) is 0 Å². The van der Waals surface area contributed by atoms with Crippen molar-refractivity contribution in [3.63, 3.8) is 0 Å². The molecule has 1 atom stereocenters. The van der Waals surface area contributed by atoms with E-state index < -0.39 is 6.10 Å². The summed E-state index contributed by atoms with van der Waals surface area (Å²) in [5, 5.41) is 1.06. The molecule has 0 radical (unpaired) electrons. The first-order chi connectivity index (χ1) is 11.2. The number of aromatic nitrogens is 1. The van der Waals surface area contributed by atoms with Gasteiger partial charge in [0, 0.05) is 28.6 Å². The molecule has 1 unspecified atom stereocenters. The fourth-order valence-corrected chi connectivity index (χ4v) is 3.43. The second-order valence-electron chi connectivity index (χ2n) is 5.71. The third kappa shape index (κ3) is 1.93. The summed E-state index contributed by atoms with van der Waals surface area (Å²) in [5.74, 6) is -0.278. The summed E-state index contributed by atoms with van der Waals surface area (Å²) in [6, 6.07) is 17.8. The van der Waals surface area contributed by atoms with Crippen molar-refractivity contribution < 1.29 is 9.53 Å². The van der Waals surface area contributed by atoms with Gasteiger partial charge in [0.25, 0.3) is 0 Å². The van der Waals surface area contributed by atoms with Gasteiger partial charge < -0.3 is 9.30 Å². The number of cyclic esters (lactones) is 1. The zero-order chi connectivity index (χ0) is 16.0. The molecule has 3 aromatic rings. The van der Waals surface area contributed by atoms with Crippen LogP contribution in [0.3, 0.4) is 0 Å². The number of nitrogens with zero attached hydrogens (tertiary/aromatic N) is 1. The lowest BCUT2D eigenvalue weighted by Crippen LogP contribution is -2.22. The van der Waals surface area contributed by atoms with Crippen LogP contribution in [-0.4, -0.2) is 10.5 Å². The minimum absolute atomic E-state index is 0.278. The third-order valence-electron chi connectivity index (χ3n) is 4.45. The van der Waals surface area contributed by atoms with Crippen molar-refractivity contribution in [1.29, 1.82) is 0 Å². The minimum Gasteiger partial charge on any atom is -0.448 e. The van der Waals surface area contributed by atoms with Crippen molar-refractivity contribution in [3.8, 4) is 0 Å². The largest absolute Gasteiger partial charge is 0.448 e. The van der Waals surface area contributed by atoms with Gasteiger partial charge in [-0.1, -0.05) is 55.1 Å². The SMILES string of the molecule is C=C1c2c(n(CC)c3ccccc23)C(=O)OC1c1ccccc1. The first-order valence-corrected chi connectivity index (χ1v) is 7.78. The lowest BCUT2D eigenvalue weighted by Gasteiger charge is -2.26. The highest BCUT2D eigenvalue weighted by molar-refractivity contribution is 6.08. The number of fused-ring (bicyclic) bond motifs is 3. The van der Waals surface area contributed by atoms with Crippen LogP contribution in [0.1, 0.15) is 34.6 Å². The zero-order valence-electron chi connectivity index (χ0n) is 13.0. The van der Waals surface area contributed by atoms with Crippen LogP contribution >= 0.6 is 0 Å². The maximum absolute atomic E-state index is 12.7. The molecule has 4 rings (SSSR count). The first kappa shape index (κ1) is 13.8. The molecule has 1 aliphatic heterocycles. The number of esters is 1. The number of hydrogen-bond acceptors (Lipinski definition) is 2. The van der Waals surface area contributed by atoms with Gasteiger partial charge in [0.15, 0.2) is 6.10 Å². The van der Waals surface area contributed by atoms with Gasteiger partial charge in [-0.3, -0.25) is 0 Å². The van der Waals surface area contributed by atoms with Gasteiger partial charge in [0.05, 0.1) is 0 Å². The van der Waals surface area contributed by atoms with Gasteiger partial charge in [-0.2, -0.15) is 0 Å². The number of benzene rings is 2. The van der Waals surface area contributed by atoms with E-state index in [0.717, 1.165) is 27.6 Å². The molecular formula is C20H17NO2. The zero-order valence-corrected chi connectivity index (χ0v) is 13.0. The van der Waals surface area contributed by atoms with Crippen LogP contribution in [-0.2, 0) is 11.3 Å². The molecule has 0 saturated carbocycles. The summed E-state index contributed by atoms with van der Waals surface area (Å²) < 4.78 is 7.74. The molecule has 0 bridgehead atoms. The number of carbonyl (C=O) groups excluding carboxylic acids is 1. The van der Waals surface area contributed by atoms with Crippen molar-refractivity contribution in [2.45, 2.75) is 19.6 Å². The second kappa shape index (κ2) is 5.13. The highest BCUT2D eigenvalue weighted by Gasteiger charge is 2.35. The summed E-state index contributed by atoms with van der Waals surface area (Å²) >= 11 is 0. The average Bonchev–Trinajstić information content (AvgIpc) is 2.94. The van der Waals surface area contributed by atoms with Gasteiger partial charge in [-0.15, -0.1) is 0 Å². The molecule has 0 N–H and O–H groups in total. The van der Waals surface area contributed by atoms with Crippen LogP contribution < -0.4 is 0 Å². The van der Waals surface area contributed by atoms with E-state index in [1.165, 1.54) is 0 Å². The highest BCUT2D eigenvalue weighted by atomic mass is 16.5. The van der Waals surface area contributed by atoms with Crippen LogP contribution in [0.25, 0.3) is 16.5 Å². The summed E-state index contributed by atoms with van der Waals surface area (Å²) in [6.07, 6.45) is -0.424. The molecule has 1 aliphatic rings. The fraction of sp³-hybridized carbons (Fsp3) is 0.150. The molecule has 0 amide bonds. The number of aryl methyl sites for hydroxylation is 1. The summed E-state index contributed by atoms with van der Waals surface area (Å²) in [5.41, 5.74) is 4.38. The predicted octanol–water partition coefficient (Wildman–Crippen LogP) is 4.59. The Labute approximate surface area is 134 Å². The lowest BCUT2D eigenvalue weighted by molar-refractivity contribution is 0.0376. The van der Waals surface area contributed by atoms with E-state index in [4.69, 9.17) is 4.74 Å². The summed E-state index contributed by atoms with van der Waals surface area (Å²) in [7, 11) is 0. The average molecular weight is 303 g/mol. The minimum atomic E-state index is -0.424. The van der Waals surface area contributed by atoms with Crippen LogP contribution in [0.5, 0.6) is 0 Å². The molecule has 2 heterocycles. The Bertz CT molecular complexity index is 921. The molecule has 0 saturated heterocycles. The molecule has 0 aliphatic carbocycles. The Hall–Kier alpha value is -2.81. The topological polar surface area (TPSA) is 31.2 Å². The Morgan fingerprint density at radius 1 is 1.09 bits per heavy atom. The van der Waals surface area contributed by atoms with Crippen LogP contribution in [0.15, 0.2) is 61.2 Å². The van der Waals surface area contributed by atoms with E-state index in [0.29, 0.717) is 12.2 Å². The molecule has 0 fully saturated rings. The van der Waals surface area contributed by atoms with Crippen LogP contribution in [0.4, 0.5) is 0 Å². The maximum Gasteiger partial charge on any atom is 0.356 e. The molecule has 3 heteroatoms. The van der Waals surface area contributed by atoms with Gasteiger partial charge in [-0.25, -0.2) is 4.79 Å².